The summed E-state index contributed by atoms with van der Waals surface area (Å²) in [6, 6.07) is 15.9. The Morgan fingerprint density at radius 1 is 1.05 bits per heavy atom. The normalized spacial score (nSPS) is 14.7. The van der Waals surface area contributed by atoms with Gasteiger partial charge in [0.1, 0.15) is 12.4 Å². The molecule has 0 aromatic heterocycles. The number of hydrogen-bond donors (Lipinski definition) is 2. The van der Waals surface area contributed by atoms with E-state index in [9.17, 15) is 23.5 Å². The summed E-state index contributed by atoms with van der Waals surface area (Å²) in [5.74, 6) is -2.87. The lowest BCUT2D eigenvalue weighted by Crippen LogP contribution is -2.49. The van der Waals surface area contributed by atoms with Gasteiger partial charge in [0.25, 0.3) is 5.91 Å². The summed E-state index contributed by atoms with van der Waals surface area (Å²) < 4.78 is 38.5. The van der Waals surface area contributed by atoms with Crippen molar-refractivity contribution in [2.75, 3.05) is 13.2 Å². The maximum absolute atomic E-state index is 14.0. The van der Waals surface area contributed by atoms with Crippen molar-refractivity contribution in [1.82, 2.24) is 5.32 Å². The van der Waals surface area contributed by atoms with Gasteiger partial charge in [-0.25, -0.2) is 8.78 Å². The maximum atomic E-state index is 14.0. The molecule has 0 spiro atoms. The number of amides is 1. The van der Waals surface area contributed by atoms with E-state index < -0.39 is 23.1 Å². The molecule has 37 heavy (non-hydrogen) atoms. The van der Waals surface area contributed by atoms with Crippen LogP contribution in [0.15, 0.2) is 60.7 Å². The van der Waals surface area contributed by atoms with Gasteiger partial charge in [-0.1, -0.05) is 42.0 Å². The highest BCUT2D eigenvalue weighted by atomic mass is 19.1. The molecule has 0 unspecified atom stereocenters. The maximum Gasteiger partial charge on any atom is 0.303 e. The van der Waals surface area contributed by atoms with Crippen molar-refractivity contribution in [2.45, 2.75) is 44.8 Å². The third-order valence-corrected chi connectivity index (χ3v) is 6.58. The van der Waals surface area contributed by atoms with Crippen LogP contribution in [-0.4, -0.2) is 30.2 Å². The van der Waals surface area contributed by atoms with Crippen molar-refractivity contribution in [3.63, 3.8) is 0 Å². The second-order valence-electron chi connectivity index (χ2n) is 9.27. The minimum absolute atomic E-state index is 0.100. The molecular formula is C29H29F2NO5. The van der Waals surface area contributed by atoms with E-state index in [0.717, 1.165) is 29.3 Å². The van der Waals surface area contributed by atoms with Crippen molar-refractivity contribution in [1.29, 1.82) is 0 Å². The largest absolute Gasteiger partial charge is 0.486 e. The van der Waals surface area contributed by atoms with E-state index in [0.29, 0.717) is 42.7 Å². The van der Waals surface area contributed by atoms with E-state index in [4.69, 9.17) is 9.47 Å². The SMILES string of the molecule is Cc1cccc(C2(NC(=O)c3cc(COc4cc(F)ccc4F)ccc3CCC(=O)O)CCOCC2)c1. The van der Waals surface area contributed by atoms with Gasteiger partial charge in [0.05, 0.1) is 5.54 Å². The van der Waals surface area contributed by atoms with Crippen molar-refractivity contribution in [2.24, 2.45) is 0 Å². The lowest BCUT2D eigenvalue weighted by atomic mass is 9.81. The molecule has 1 heterocycles. The van der Waals surface area contributed by atoms with Crippen LogP contribution in [0.3, 0.4) is 0 Å². The smallest absolute Gasteiger partial charge is 0.303 e. The highest BCUT2D eigenvalue weighted by molar-refractivity contribution is 5.96. The summed E-state index contributed by atoms with van der Waals surface area (Å²) in [6.45, 7) is 2.88. The van der Waals surface area contributed by atoms with Crippen LogP contribution >= 0.6 is 0 Å². The number of carbonyl (C=O) groups excluding carboxylic acids is 1. The van der Waals surface area contributed by atoms with Crippen molar-refractivity contribution < 1.29 is 33.0 Å². The highest BCUT2D eigenvalue weighted by Crippen LogP contribution is 2.33. The Labute approximate surface area is 214 Å². The van der Waals surface area contributed by atoms with Crippen LogP contribution in [0.25, 0.3) is 0 Å². The second-order valence-corrected chi connectivity index (χ2v) is 9.27. The summed E-state index contributed by atoms with van der Waals surface area (Å²) in [6.07, 6.45) is 1.21. The number of hydrogen-bond acceptors (Lipinski definition) is 4. The van der Waals surface area contributed by atoms with Crippen LogP contribution in [-0.2, 0) is 28.1 Å². The van der Waals surface area contributed by atoms with Crippen molar-refractivity contribution in [3.8, 4) is 5.75 Å². The number of rotatable bonds is 9. The molecule has 3 aromatic carbocycles. The first-order valence-electron chi connectivity index (χ1n) is 12.1. The molecule has 3 aromatic rings. The highest BCUT2D eigenvalue weighted by Gasteiger charge is 2.36. The zero-order chi connectivity index (χ0) is 26.4. The van der Waals surface area contributed by atoms with Crippen molar-refractivity contribution in [3.05, 3.63) is 100 Å². The Morgan fingerprint density at radius 3 is 2.57 bits per heavy atom. The van der Waals surface area contributed by atoms with Gasteiger partial charge in [-0.3, -0.25) is 9.59 Å². The quantitative estimate of drug-likeness (QED) is 0.409. The molecule has 0 radical (unpaired) electrons. The number of carbonyl (C=O) groups is 2. The number of aryl methyl sites for hydroxylation is 2. The van der Waals surface area contributed by atoms with E-state index in [2.05, 4.69) is 11.4 Å². The van der Waals surface area contributed by atoms with Crippen LogP contribution in [0, 0.1) is 18.6 Å². The van der Waals surface area contributed by atoms with Gasteiger partial charge in [-0.05, 0) is 61.1 Å². The summed E-state index contributed by atoms with van der Waals surface area (Å²) in [5, 5.41) is 12.4. The molecule has 1 aliphatic heterocycles. The lowest BCUT2D eigenvalue weighted by molar-refractivity contribution is -0.136. The summed E-state index contributed by atoms with van der Waals surface area (Å²) in [4.78, 5) is 24.9. The molecule has 2 N–H and O–H groups in total. The Morgan fingerprint density at radius 2 is 1.84 bits per heavy atom. The summed E-state index contributed by atoms with van der Waals surface area (Å²) in [7, 11) is 0. The van der Waals surface area contributed by atoms with E-state index in [1.165, 1.54) is 0 Å². The molecule has 6 nitrogen and oxygen atoms in total. The Hall–Kier alpha value is -3.78. The number of halogens is 2. The molecule has 1 saturated heterocycles. The number of carboxylic acid groups (broad SMARTS) is 1. The fraction of sp³-hybridized carbons (Fsp3) is 0.310. The van der Waals surface area contributed by atoms with E-state index in [-0.39, 0.29) is 31.1 Å². The minimum Gasteiger partial charge on any atom is -0.486 e. The standard InChI is InChI=1S/C29H29F2NO5/c1-19-3-2-4-22(15-19)29(11-13-36-14-12-29)32-28(35)24-16-20(5-6-21(24)7-10-27(33)34)18-37-26-17-23(30)8-9-25(26)31/h2-6,8-9,15-17H,7,10-14,18H2,1H3,(H,32,35)(H,33,34). The molecule has 0 saturated carbocycles. The molecule has 1 amide bonds. The van der Waals surface area contributed by atoms with E-state index in [1.807, 2.05) is 25.1 Å². The first-order valence-corrected chi connectivity index (χ1v) is 12.1. The predicted octanol–water partition coefficient (Wildman–Crippen LogP) is 5.31. The third-order valence-electron chi connectivity index (χ3n) is 6.58. The molecule has 0 aliphatic carbocycles. The minimum atomic E-state index is -0.971. The van der Waals surface area contributed by atoms with Gasteiger partial charge in [-0.15, -0.1) is 0 Å². The van der Waals surface area contributed by atoms with Crippen LogP contribution in [0.1, 0.15) is 51.9 Å². The molecular weight excluding hydrogens is 480 g/mol. The van der Waals surface area contributed by atoms with Crippen LogP contribution in [0.5, 0.6) is 5.75 Å². The average molecular weight is 510 g/mol. The third kappa shape index (κ3) is 6.51. The van der Waals surface area contributed by atoms with E-state index in [1.54, 1.807) is 18.2 Å². The summed E-state index contributed by atoms with van der Waals surface area (Å²) >= 11 is 0. The van der Waals surface area contributed by atoms with E-state index >= 15 is 0 Å². The van der Waals surface area contributed by atoms with Gasteiger partial charge in [-0.2, -0.15) is 0 Å². The fourth-order valence-electron chi connectivity index (χ4n) is 4.57. The number of ether oxygens (including phenoxy) is 2. The zero-order valence-corrected chi connectivity index (χ0v) is 20.6. The Balaban J connectivity index is 1.63. The molecule has 1 aliphatic rings. The zero-order valence-electron chi connectivity index (χ0n) is 20.6. The molecule has 194 valence electrons. The van der Waals surface area contributed by atoms with Gasteiger partial charge in [0.15, 0.2) is 11.6 Å². The first kappa shape index (κ1) is 26.3. The predicted molar refractivity (Wildman–Crippen MR) is 133 cm³/mol. The molecule has 0 atom stereocenters. The van der Waals surface area contributed by atoms with Crippen LogP contribution in [0.2, 0.25) is 0 Å². The molecule has 0 bridgehead atoms. The number of nitrogens with one attached hydrogen (secondary N) is 1. The fourth-order valence-corrected chi connectivity index (χ4v) is 4.57. The number of aliphatic carboxylic acids is 1. The molecule has 1 fully saturated rings. The van der Waals surface area contributed by atoms with Crippen LogP contribution in [0.4, 0.5) is 8.78 Å². The monoisotopic (exact) mass is 509 g/mol. The first-order chi connectivity index (χ1) is 17.8. The van der Waals surface area contributed by atoms with Gasteiger partial charge >= 0.3 is 5.97 Å². The van der Waals surface area contributed by atoms with Crippen molar-refractivity contribution >= 4 is 11.9 Å². The number of benzene rings is 3. The molecule has 8 heteroatoms. The van der Waals surface area contributed by atoms with Gasteiger partial charge in [0.2, 0.25) is 0 Å². The second kappa shape index (κ2) is 11.5. The Bertz CT molecular complexity index is 1290. The topological polar surface area (TPSA) is 84.9 Å². The Kier molecular flexibility index (Phi) is 8.18. The molecule has 4 rings (SSSR count). The van der Waals surface area contributed by atoms with Crippen LogP contribution < -0.4 is 10.1 Å². The average Bonchev–Trinajstić information content (AvgIpc) is 2.88. The van der Waals surface area contributed by atoms with Gasteiger partial charge < -0.3 is 19.9 Å². The summed E-state index contributed by atoms with van der Waals surface area (Å²) in [5.41, 5.74) is 2.88. The lowest BCUT2D eigenvalue weighted by Gasteiger charge is -2.39. The number of carboxylic acids is 1. The van der Waals surface area contributed by atoms with Gasteiger partial charge in [0, 0.05) is 31.3 Å².